The molecule has 96 valence electrons. The lowest BCUT2D eigenvalue weighted by molar-refractivity contribution is -0.123. The van der Waals surface area contributed by atoms with Crippen molar-refractivity contribution in [2.45, 2.75) is 52.1 Å². The van der Waals surface area contributed by atoms with Crippen molar-refractivity contribution < 1.29 is 9.53 Å². The summed E-state index contributed by atoms with van der Waals surface area (Å²) in [6, 6.07) is -0.268. The smallest absolute Gasteiger partial charge is 0.237 e. The minimum Gasteiger partial charge on any atom is -0.385 e. The van der Waals surface area contributed by atoms with Gasteiger partial charge in [0.05, 0.1) is 6.04 Å². The third-order valence-corrected chi connectivity index (χ3v) is 2.81. The molecule has 0 fully saturated rings. The van der Waals surface area contributed by atoms with Gasteiger partial charge in [-0.25, -0.2) is 0 Å². The molecular weight excluding hydrogens is 204 g/mol. The minimum absolute atomic E-state index is 0.0761. The zero-order chi connectivity index (χ0) is 12.6. The van der Waals surface area contributed by atoms with Crippen molar-refractivity contribution in [1.29, 1.82) is 0 Å². The number of rotatable bonds is 8. The molecule has 0 radical (unpaired) electrons. The number of methoxy groups -OCH3 is 1. The molecule has 0 aromatic rings. The van der Waals surface area contributed by atoms with Gasteiger partial charge in [0.2, 0.25) is 5.91 Å². The summed E-state index contributed by atoms with van der Waals surface area (Å²) in [6.45, 7) is 6.89. The van der Waals surface area contributed by atoms with Crippen molar-refractivity contribution in [2.75, 3.05) is 13.7 Å². The van der Waals surface area contributed by atoms with E-state index in [2.05, 4.69) is 19.2 Å². The number of nitrogens with one attached hydrogen (secondary N) is 1. The number of nitrogens with two attached hydrogens (primary N) is 1. The molecular formula is C12H26N2O2. The summed E-state index contributed by atoms with van der Waals surface area (Å²) in [5.41, 5.74) is 5.72. The van der Waals surface area contributed by atoms with Crippen LogP contribution in [0.25, 0.3) is 0 Å². The fourth-order valence-electron chi connectivity index (χ4n) is 1.55. The Kier molecular flexibility index (Phi) is 8.21. The Bertz CT molecular complexity index is 197. The largest absolute Gasteiger partial charge is 0.385 e. The first-order valence-electron chi connectivity index (χ1n) is 6.06. The van der Waals surface area contributed by atoms with Crippen molar-refractivity contribution in [2.24, 2.45) is 11.7 Å². The van der Waals surface area contributed by atoms with Crippen LogP contribution in [0, 0.1) is 5.92 Å². The second-order valence-corrected chi connectivity index (χ2v) is 4.55. The highest BCUT2D eigenvalue weighted by atomic mass is 16.5. The molecule has 4 heteroatoms. The first-order valence-corrected chi connectivity index (χ1v) is 6.06. The highest BCUT2D eigenvalue weighted by Gasteiger charge is 2.16. The standard InChI is InChI=1S/C12H26N2O2/c1-5-9(2)8-10(3)14-12(15)11(13)6-7-16-4/h9-11H,5-8,13H2,1-4H3,(H,14,15). The van der Waals surface area contributed by atoms with E-state index in [0.29, 0.717) is 18.9 Å². The van der Waals surface area contributed by atoms with Crippen LogP contribution in [0.15, 0.2) is 0 Å². The normalized spacial score (nSPS) is 16.6. The Labute approximate surface area is 98.9 Å². The molecule has 1 amide bonds. The third kappa shape index (κ3) is 6.80. The minimum atomic E-state index is -0.459. The highest BCUT2D eigenvalue weighted by molar-refractivity contribution is 5.81. The topological polar surface area (TPSA) is 64.4 Å². The van der Waals surface area contributed by atoms with Crippen LogP contribution >= 0.6 is 0 Å². The van der Waals surface area contributed by atoms with Gasteiger partial charge in [0.15, 0.2) is 0 Å². The molecule has 4 nitrogen and oxygen atoms in total. The van der Waals surface area contributed by atoms with Gasteiger partial charge < -0.3 is 15.8 Å². The SMILES string of the molecule is CCC(C)CC(C)NC(=O)C(N)CCOC. The molecule has 0 bridgehead atoms. The zero-order valence-electron chi connectivity index (χ0n) is 11.0. The fraction of sp³-hybridized carbons (Fsp3) is 0.917. The summed E-state index contributed by atoms with van der Waals surface area (Å²) in [4.78, 5) is 11.6. The van der Waals surface area contributed by atoms with Crippen LogP contribution in [0.3, 0.4) is 0 Å². The molecule has 0 heterocycles. The monoisotopic (exact) mass is 230 g/mol. The highest BCUT2D eigenvalue weighted by Crippen LogP contribution is 2.09. The quantitative estimate of drug-likeness (QED) is 0.660. The van der Waals surface area contributed by atoms with Gasteiger partial charge in [0, 0.05) is 19.8 Å². The van der Waals surface area contributed by atoms with E-state index in [1.807, 2.05) is 6.92 Å². The molecule has 3 atom stereocenters. The van der Waals surface area contributed by atoms with E-state index in [1.165, 1.54) is 0 Å². The van der Waals surface area contributed by atoms with Crippen LogP contribution in [0.4, 0.5) is 0 Å². The van der Waals surface area contributed by atoms with Crippen molar-refractivity contribution >= 4 is 5.91 Å². The van der Waals surface area contributed by atoms with Crippen LogP contribution in [0.1, 0.15) is 40.0 Å². The summed E-state index contributed by atoms with van der Waals surface area (Å²) in [5, 5.41) is 2.93. The second kappa shape index (κ2) is 8.53. The predicted octanol–water partition coefficient (Wildman–Crippen LogP) is 1.29. The Morgan fingerprint density at radius 3 is 2.56 bits per heavy atom. The number of carbonyl (C=O) groups excluding carboxylic acids is 1. The zero-order valence-corrected chi connectivity index (χ0v) is 11.0. The van der Waals surface area contributed by atoms with E-state index in [1.54, 1.807) is 7.11 Å². The van der Waals surface area contributed by atoms with Gasteiger partial charge in [-0.1, -0.05) is 20.3 Å². The van der Waals surface area contributed by atoms with Crippen molar-refractivity contribution in [3.05, 3.63) is 0 Å². The molecule has 3 unspecified atom stereocenters. The second-order valence-electron chi connectivity index (χ2n) is 4.55. The van der Waals surface area contributed by atoms with E-state index >= 15 is 0 Å². The van der Waals surface area contributed by atoms with Gasteiger partial charge in [0.25, 0.3) is 0 Å². The Balaban J connectivity index is 3.84. The van der Waals surface area contributed by atoms with Gasteiger partial charge in [-0.05, 0) is 25.7 Å². The summed E-state index contributed by atoms with van der Waals surface area (Å²) in [7, 11) is 1.61. The summed E-state index contributed by atoms with van der Waals surface area (Å²) in [5.74, 6) is 0.554. The summed E-state index contributed by atoms with van der Waals surface area (Å²) in [6.07, 6.45) is 2.70. The number of carbonyl (C=O) groups is 1. The average molecular weight is 230 g/mol. The van der Waals surface area contributed by atoms with E-state index in [4.69, 9.17) is 10.5 Å². The van der Waals surface area contributed by atoms with Gasteiger partial charge in [-0.3, -0.25) is 4.79 Å². The number of hydrogen-bond donors (Lipinski definition) is 2. The molecule has 0 aliphatic carbocycles. The molecule has 0 spiro atoms. The number of ether oxygens (including phenoxy) is 1. The maximum atomic E-state index is 11.6. The lowest BCUT2D eigenvalue weighted by Gasteiger charge is -2.19. The van der Waals surface area contributed by atoms with Crippen LogP contribution < -0.4 is 11.1 Å². The van der Waals surface area contributed by atoms with Crippen LogP contribution in [-0.4, -0.2) is 31.7 Å². The van der Waals surface area contributed by atoms with Gasteiger partial charge in [-0.15, -0.1) is 0 Å². The fourth-order valence-corrected chi connectivity index (χ4v) is 1.55. The Morgan fingerprint density at radius 1 is 1.44 bits per heavy atom. The molecule has 0 aliphatic rings. The summed E-state index contributed by atoms with van der Waals surface area (Å²) < 4.78 is 4.89. The van der Waals surface area contributed by atoms with E-state index in [0.717, 1.165) is 12.8 Å². The predicted molar refractivity (Wildman–Crippen MR) is 66.1 cm³/mol. The maximum Gasteiger partial charge on any atom is 0.237 e. The van der Waals surface area contributed by atoms with Crippen LogP contribution in [-0.2, 0) is 9.53 Å². The van der Waals surface area contributed by atoms with Gasteiger partial charge in [-0.2, -0.15) is 0 Å². The van der Waals surface area contributed by atoms with E-state index in [9.17, 15) is 4.79 Å². The lowest BCUT2D eigenvalue weighted by Crippen LogP contribution is -2.45. The van der Waals surface area contributed by atoms with E-state index < -0.39 is 6.04 Å². The van der Waals surface area contributed by atoms with E-state index in [-0.39, 0.29) is 11.9 Å². The van der Waals surface area contributed by atoms with Crippen molar-refractivity contribution in [1.82, 2.24) is 5.32 Å². The first-order chi connectivity index (χ1) is 7.51. The lowest BCUT2D eigenvalue weighted by atomic mass is 10.00. The molecule has 0 aliphatic heterocycles. The van der Waals surface area contributed by atoms with Gasteiger partial charge in [0.1, 0.15) is 0 Å². The third-order valence-electron chi connectivity index (χ3n) is 2.81. The summed E-state index contributed by atoms with van der Waals surface area (Å²) >= 11 is 0. The Morgan fingerprint density at radius 2 is 2.06 bits per heavy atom. The van der Waals surface area contributed by atoms with Gasteiger partial charge >= 0.3 is 0 Å². The maximum absolute atomic E-state index is 11.6. The molecule has 0 saturated heterocycles. The first kappa shape index (κ1) is 15.4. The molecule has 3 N–H and O–H groups in total. The van der Waals surface area contributed by atoms with Crippen molar-refractivity contribution in [3.63, 3.8) is 0 Å². The van der Waals surface area contributed by atoms with Crippen LogP contribution in [0.2, 0.25) is 0 Å². The molecule has 0 rings (SSSR count). The number of hydrogen-bond acceptors (Lipinski definition) is 3. The molecule has 16 heavy (non-hydrogen) atoms. The van der Waals surface area contributed by atoms with Crippen LogP contribution in [0.5, 0.6) is 0 Å². The molecule has 0 aromatic heterocycles. The number of amides is 1. The average Bonchev–Trinajstić information content (AvgIpc) is 2.25. The molecule has 0 saturated carbocycles. The van der Waals surface area contributed by atoms with Crippen molar-refractivity contribution in [3.8, 4) is 0 Å². The Hall–Kier alpha value is -0.610. The molecule has 0 aromatic carbocycles.